The van der Waals surface area contributed by atoms with Gasteiger partial charge in [-0.25, -0.2) is 8.42 Å². The summed E-state index contributed by atoms with van der Waals surface area (Å²) in [4.78, 5) is 12.8. The van der Waals surface area contributed by atoms with Gasteiger partial charge in [0, 0.05) is 6.54 Å². The van der Waals surface area contributed by atoms with Crippen LogP contribution in [0.5, 0.6) is 0 Å². The van der Waals surface area contributed by atoms with Crippen LogP contribution in [0.3, 0.4) is 0 Å². The molecule has 0 N–H and O–H groups in total. The minimum absolute atomic E-state index is 0.0763. The molecular formula is C17H21N3O4S2. The van der Waals surface area contributed by atoms with Crippen LogP contribution in [0.4, 0.5) is 0 Å². The molecule has 26 heavy (non-hydrogen) atoms. The Morgan fingerprint density at radius 2 is 1.92 bits per heavy atom. The summed E-state index contributed by atoms with van der Waals surface area (Å²) < 4.78 is 41.6. The van der Waals surface area contributed by atoms with Gasteiger partial charge in [-0.1, -0.05) is 12.5 Å². The number of hydrogen-bond acceptors (Lipinski definition) is 7. The summed E-state index contributed by atoms with van der Waals surface area (Å²) in [6.45, 7) is 0.320. The third-order valence-corrected chi connectivity index (χ3v) is 7.63. The predicted molar refractivity (Wildman–Crippen MR) is 97.3 cm³/mol. The highest BCUT2D eigenvalue weighted by atomic mass is 32.2. The summed E-state index contributed by atoms with van der Waals surface area (Å²) in [7, 11) is -3.83. The second kappa shape index (κ2) is 7.21. The Kier molecular flexibility index (Phi) is 4.94. The van der Waals surface area contributed by atoms with Gasteiger partial charge >= 0.3 is 5.97 Å². The molecule has 2 aliphatic rings. The largest absolute Gasteiger partial charge is 0.461 e. The van der Waals surface area contributed by atoms with Crippen LogP contribution in [0.2, 0.25) is 0 Å². The van der Waals surface area contributed by atoms with Crippen LogP contribution in [0.1, 0.15) is 44.9 Å². The van der Waals surface area contributed by atoms with Gasteiger partial charge in [0.25, 0.3) is 0 Å². The average Bonchev–Trinajstić information content (AvgIpc) is 3.31. The maximum Gasteiger partial charge on any atom is 0.324 e. The highest BCUT2D eigenvalue weighted by Gasteiger charge is 2.42. The fourth-order valence-corrected chi connectivity index (χ4v) is 6.21. The molecule has 1 aromatic heterocycles. The van der Waals surface area contributed by atoms with Crippen molar-refractivity contribution in [3.8, 4) is 0 Å². The molecule has 0 bridgehead atoms. The molecule has 9 heteroatoms. The molecule has 0 unspecified atom stereocenters. The molecule has 1 aliphatic carbocycles. The monoisotopic (exact) mass is 395 g/mol. The van der Waals surface area contributed by atoms with Crippen LogP contribution in [-0.4, -0.2) is 46.1 Å². The van der Waals surface area contributed by atoms with E-state index in [1.54, 1.807) is 12.1 Å². The Morgan fingerprint density at radius 3 is 2.73 bits per heavy atom. The van der Waals surface area contributed by atoms with E-state index >= 15 is 0 Å². The Labute approximate surface area is 156 Å². The van der Waals surface area contributed by atoms with Crippen LogP contribution >= 0.6 is 11.7 Å². The number of esters is 1. The number of rotatable bonds is 4. The van der Waals surface area contributed by atoms with Crippen LogP contribution in [0.15, 0.2) is 23.1 Å². The molecule has 140 valence electrons. The van der Waals surface area contributed by atoms with E-state index < -0.39 is 22.0 Å². The second-order valence-electron chi connectivity index (χ2n) is 6.86. The van der Waals surface area contributed by atoms with Crippen molar-refractivity contribution in [3.63, 3.8) is 0 Å². The Morgan fingerprint density at radius 1 is 1.12 bits per heavy atom. The van der Waals surface area contributed by atoms with Gasteiger partial charge in [0.1, 0.15) is 28.1 Å². The van der Waals surface area contributed by atoms with E-state index in [0.29, 0.717) is 30.4 Å². The van der Waals surface area contributed by atoms with Crippen LogP contribution < -0.4 is 0 Å². The van der Waals surface area contributed by atoms with E-state index in [2.05, 4.69) is 8.75 Å². The summed E-state index contributed by atoms with van der Waals surface area (Å²) in [5.74, 6) is -0.415. The number of benzene rings is 1. The molecule has 4 rings (SSSR count). The van der Waals surface area contributed by atoms with E-state index in [9.17, 15) is 13.2 Å². The first-order valence-corrected chi connectivity index (χ1v) is 11.2. The van der Waals surface area contributed by atoms with Crippen molar-refractivity contribution in [1.29, 1.82) is 0 Å². The molecule has 2 heterocycles. The van der Waals surface area contributed by atoms with Gasteiger partial charge in [-0.15, -0.1) is 0 Å². The lowest BCUT2D eigenvalue weighted by Gasteiger charge is -2.27. The molecule has 1 saturated carbocycles. The van der Waals surface area contributed by atoms with Crippen LogP contribution in [0.25, 0.3) is 11.0 Å². The molecule has 0 amide bonds. The summed E-state index contributed by atoms with van der Waals surface area (Å²) in [5.41, 5.74) is 0.917. The van der Waals surface area contributed by atoms with Gasteiger partial charge in [-0.3, -0.25) is 4.79 Å². The van der Waals surface area contributed by atoms with E-state index in [4.69, 9.17) is 4.74 Å². The normalized spacial score (nSPS) is 22.7. The first-order chi connectivity index (χ1) is 12.6. The number of sulfonamides is 1. The zero-order valence-corrected chi connectivity index (χ0v) is 16.0. The van der Waals surface area contributed by atoms with Crippen molar-refractivity contribution < 1.29 is 17.9 Å². The molecule has 1 aliphatic heterocycles. The first-order valence-electron chi connectivity index (χ1n) is 9.01. The van der Waals surface area contributed by atoms with E-state index in [-0.39, 0.29) is 11.0 Å². The summed E-state index contributed by atoms with van der Waals surface area (Å²) in [6.07, 6.45) is 6.10. The predicted octanol–water partition coefficient (Wildman–Crippen LogP) is 2.72. The summed E-state index contributed by atoms with van der Waals surface area (Å²) >= 11 is 0.981. The minimum atomic E-state index is -3.83. The number of nitrogens with zero attached hydrogens (tertiary/aromatic N) is 3. The molecule has 2 fully saturated rings. The Balaban J connectivity index is 1.59. The summed E-state index contributed by atoms with van der Waals surface area (Å²) in [5, 5.41) is 0. The molecule has 1 atom stereocenters. The lowest BCUT2D eigenvalue weighted by molar-refractivity contribution is -0.154. The fraction of sp³-hybridized carbons (Fsp3) is 0.588. The van der Waals surface area contributed by atoms with Gasteiger partial charge in [-0.2, -0.15) is 13.1 Å². The van der Waals surface area contributed by atoms with Crippen molar-refractivity contribution in [2.45, 2.75) is 62.0 Å². The van der Waals surface area contributed by atoms with Gasteiger partial charge in [0.2, 0.25) is 10.0 Å². The van der Waals surface area contributed by atoms with Crippen molar-refractivity contribution in [2.75, 3.05) is 6.54 Å². The highest BCUT2D eigenvalue weighted by molar-refractivity contribution is 7.89. The Bertz CT molecular complexity index is 906. The first kappa shape index (κ1) is 17.8. The van der Waals surface area contributed by atoms with E-state index in [0.717, 1.165) is 37.4 Å². The van der Waals surface area contributed by atoms with Crippen LogP contribution in [-0.2, 0) is 19.6 Å². The molecule has 1 saturated heterocycles. The maximum atomic E-state index is 13.2. The number of aromatic nitrogens is 2. The molecule has 1 aromatic carbocycles. The van der Waals surface area contributed by atoms with Gasteiger partial charge in [0.15, 0.2) is 0 Å². The molecule has 7 nitrogen and oxygen atoms in total. The van der Waals surface area contributed by atoms with Gasteiger partial charge in [-0.05, 0) is 50.7 Å². The van der Waals surface area contributed by atoms with Gasteiger partial charge < -0.3 is 4.74 Å². The molecule has 0 radical (unpaired) electrons. The van der Waals surface area contributed by atoms with Gasteiger partial charge in [0.05, 0.1) is 11.7 Å². The zero-order valence-electron chi connectivity index (χ0n) is 14.3. The zero-order chi connectivity index (χ0) is 18.1. The number of carbonyl (C=O) groups is 1. The summed E-state index contributed by atoms with van der Waals surface area (Å²) in [6, 6.07) is 4.17. The topological polar surface area (TPSA) is 89.5 Å². The lowest BCUT2D eigenvalue weighted by atomic mass is 9.98. The van der Waals surface area contributed by atoms with Crippen molar-refractivity contribution in [1.82, 2.24) is 13.1 Å². The van der Waals surface area contributed by atoms with Crippen LogP contribution in [0, 0.1) is 0 Å². The van der Waals surface area contributed by atoms with Crippen molar-refractivity contribution in [2.24, 2.45) is 0 Å². The molecule has 0 spiro atoms. The number of ether oxygens (including phenoxy) is 1. The van der Waals surface area contributed by atoms with Crippen molar-refractivity contribution in [3.05, 3.63) is 18.2 Å². The standard InChI is InChI=1S/C17H21N3O4S2/c21-17(24-12-6-2-1-3-7-12)14-9-5-11-20(14)26(22,23)15-10-4-8-13-16(15)19-25-18-13/h4,8,10,12,14H,1-3,5-7,9,11H2/t14-/m0/s1. The lowest BCUT2D eigenvalue weighted by Crippen LogP contribution is -2.42. The maximum absolute atomic E-state index is 13.2. The van der Waals surface area contributed by atoms with E-state index in [1.807, 2.05) is 0 Å². The minimum Gasteiger partial charge on any atom is -0.461 e. The van der Waals surface area contributed by atoms with Crippen molar-refractivity contribution >= 4 is 38.8 Å². The quantitative estimate of drug-likeness (QED) is 0.740. The number of fused-ring (bicyclic) bond motifs is 1. The third kappa shape index (κ3) is 3.23. The molecule has 2 aromatic rings. The second-order valence-corrected chi connectivity index (χ2v) is 9.25. The smallest absolute Gasteiger partial charge is 0.324 e. The highest BCUT2D eigenvalue weighted by Crippen LogP contribution is 2.31. The fourth-order valence-electron chi connectivity index (χ4n) is 3.81. The SMILES string of the molecule is O=C(OC1CCCCC1)[C@@H]1CCCN1S(=O)(=O)c1cccc2nsnc12. The van der Waals surface area contributed by atoms with E-state index in [1.165, 1.54) is 16.8 Å². The number of hydrogen-bond donors (Lipinski definition) is 0. The third-order valence-electron chi connectivity index (χ3n) is 5.15. The molecular weight excluding hydrogens is 374 g/mol. The average molecular weight is 396 g/mol. The Hall–Kier alpha value is -1.58. The number of carbonyl (C=O) groups excluding carboxylic acids is 1.